The first kappa shape index (κ1) is 16.8. The third-order valence-electron chi connectivity index (χ3n) is 3.11. The number of pyridine rings is 1. The minimum atomic E-state index is -1.11. The molecule has 0 atom stereocenters. The number of carbonyl (C=O) groups is 2. The Bertz CT molecular complexity index is 863. The molecule has 122 valence electrons. The molecule has 8 heteroatoms. The van der Waals surface area contributed by atoms with Crippen molar-refractivity contribution in [3.8, 4) is 11.3 Å². The fraction of sp³-hybridized carbons (Fsp3) is 0. The zero-order valence-electron chi connectivity index (χ0n) is 12.5. The van der Waals surface area contributed by atoms with Crippen LogP contribution in [0.3, 0.4) is 0 Å². The molecule has 1 aromatic heterocycles. The first-order valence-electron chi connectivity index (χ1n) is 6.70. The van der Waals surface area contributed by atoms with Crippen LogP contribution < -0.4 is 16.8 Å². The summed E-state index contributed by atoms with van der Waals surface area (Å²) >= 11 is 0. The van der Waals surface area contributed by atoms with Gasteiger partial charge in [0, 0.05) is 16.8 Å². The van der Waals surface area contributed by atoms with Gasteiger partial charge in [-0.2, -0.15) is 0 Å². The first-order chi connectivity index (χ1) is 11.3. The van der Waals surface area contributed by atoms with Gasteiger partial charge in [-0.05, 0) is 18.2 Å². The topological polar surface area (TPSA) is 135 Å². The summed E-state index contributed by atoms with van der Waals surface area (Å²) in [4.78, 5) is 26.6. The smallest absolute Gasteiger partial charge is 0.283 e. The van der Waals surface area contributed by atoms with Crippen LogP contribution in [-0.2, 0) is 9.59 Å². The van der Waals surface area contributed by atoms with Crippen molar-refractivity contribution in [2.24, 2.45) is 5.73 Å². The van der Waals surface area contributed by atoms with Crippen molar-refractivity contribution in [3.05, 3.63) is 54.5 Å². The fourth-order valence-corrected chi connectivity index (χ4v) is 1.93. The molecule has 0 fully saturated rings. The maximum atomic E-state index is 12.8. The molecule has 6 N–H and O–H groups in total. The summed E-state index contributed by atoms with van der Waals surface area (Å²) in [6.07, 6.45) is 1.30. The molecule has 7 nitrogen and oxygen atoms in total. The molecule has 0 aliphatic carbocycles. The largest absolute Gasteiger partial charge is 0.397 e. The van der Waals surface area contributed by atoms with Gasteiger partial charge in [0.1, 0.15) is 5.71 Å². The Morgan fingerprint density at radius 2 is 2.00 bits per heavy atom. The first-order valence-corrected chi connectivity index (χ1v) is 6.70. The van der Waals surface area contributed by atoms with Crippen LogP contribution in [0.1, 0.15) is 5.56 Å². The van der Waals surface area contributed by atoms with E-state index in [4.69, 9.17) is 16.9 Å². The number of hydrogen-bond acceptors (Lipinski definition) is 5. The van der Waals surface area contributed by atoms with Gasteiger partial charge in [0.2, 0.25) is 0 Å². The number of nitrogens with one attached hydrogen (secondary N) is 2. The van der Waals surface area contributed by atoms with E-state index in [2.05, 4.69) is 16.9 Å². The Morgan fingerprint density at radius 3 is 2.62 bits per heavy atom. The summed E-state index contributed by atoms with van der Waals surface area (Å²) in [7, 11) is 0. The van der Waals surface area contributed by atoms with Gasteiger partial charge in [0.15, 0.2) is 5.83 Å². The number of amides is 2. The minimum absolute atomic E-state index is 0.140. The SMILES string of the molecule is C=C(F)C(=O)Nc1cccc(-c2cc(C(=N)C(N)=O)c(N)cn2)c1. The minimum Gasteiger partial charge on any atom is -0.397 e. The molecule has 1 aromatic carbocycles. The molecule has 0 saturated heterocycles. The lowest BCUT2D eigenvalue weighted by atomic mass is 10.0. The second-order valence-corrected chi connectivity index (χ2v) is 4.84. The molecule has 24 heavy (non-hydrogen) atoms. The van der Waals surface area contributed by atoms with Crippen molar-refractivity contribution in [2.75, 3.05) is 11.1 Å². The standard InChI is InChI=1S/C16H14FN5O2/c1-8(17)16(24)22-10-4-2-3-9(5-10)13-6-11(12(18)7-21-13)14(19)15(20)23/h2-7,19H,1,18H2,(H2,20,23)(H,22,24). The molecule has 0 aliphatic heterocycles. The number of nitrogens with zero attached hydrogens (tertiary/aromatic N) is 1. The maximum absolute atomic E-state index is 12.8. The van der Waals surface area contributed by atoms with E-state index in [1.165, 1.54) is 12.3 Å². The molecule has 0 radical (unpaired) electrons. The lowest BCUT2D eigenvalue weighted by molar-refractivity contribution is -0.114. The molecule has 0 spiro atoms. The van der Waals surface area contributed by atoms with Crippen LogP contribution in [0.4, 0.5) is 15.8 Å². The van der Waals surface area contributed by atoms with Crippen LogP contribution in [-0.4, -0.2) is 22.5 Å². The third kappa shape index (κ3) is 3.61. The van der Waals surface area contributed by atoms with Crippen LogP contribution >= 0.6 is 0 Å². The molecule has 1 heterocycles. The molecule has 2 rings (SSSR count). The van der Waals surface area contributed by atoms with Crippen molar-refractivity contribution in [2.45, 2.75) is 0 Å². The van der Waals surface area contributed by atoms with Crippen LogP contribution in [0.25, 0.3) is 11.3 Å². The van der Waals surface area contributed by atoms with Gasteiger partial charge >= 0.3 is 0 Å². The van der Waals surface area contributed by atoms with Crippen molar-refractivity contribution in [1.82, 2.24) is 4.98 Å². The van der Waals surface area contributed by atoms with Crippen LogP contribution in [0.15, 0.2) is 48.9 Å². The van der Waals surface area contributed by atoms with E-state index in [1.54, 1.807) is 24.3 Å². The predicted molar refractivity (Wildman–Crippen MR) is 89.0 cm³/mol. The van der Waals surface area contributed by atoms with Crippen molar-refractivity contribution < 1.29 is 14.0 Å². The quantitative estimate of drug-likeness (QED) is 0.490. The number of anilines is 2. The van der Waals surface area contributed by atoms with E-state index in [1.807, 2.05) is 0 Å². The number of nitrogens with two attached hydrogens (primary N) is 2. The number of carbonyl (C=O) groups excluding carboxylic acids is 2. The van der Waals surface area contributed by atoms with Gasteiger partial charge in [0.05, 0.1) is 17.6 Å². The van der Waals surface area contributed by atoms with Gasteiger partial charge < -0.3 is 16.8 Å². The lowest BCUT2D eigenvalue weighted by Crippen LogP contribution is -2.24. The third-order valence-corrected chi connectivity index (χ3v) is 3.11. The molecule has 0 saturated carbocycles. The molecular weight excluding hydrogens is 313 g/mol. The van der Waals surface area contributed by atoms with E-state index in [-0.39, 0.29) is 11.3 Å². The summed E-state index contributed by atoms with van der Waals surface area (Å²) in [5, 5.41) is 10.0. The predicted octanol–water partition coefficient (Wildman–Crippen LogP) is 1.61. The zero-order chi connectivity index (χ0) is 17.9. The second-order valence-electron chi connectivity index (χ2n) is 4.84. The Kier molecular flexibility index (Phi) is 4.69. The highest BCUT2D eigenvalue weighted by Gasteiger charge is 2.14. The maximum Gasteiger partial charge on any atom is 0.283 e. The summed E-state index contributed by atoms with van der Waals surface area (Å²) in [5.41, 5.74) is 12.0. The van der Waals surface area contributed by atoms with Crippen LogP contribution in [0.2, 0.25) is 0 Å². The molecule has 0 bridgehead atoms. The number of nitrogen functional groups attached to an aromatic ring is 1. The number of hydrogen-bond donors (Lipinski definition) is 4. The van der Waals surface area contributed by atoms with Crippen molar-refractivity contribution in [3.63, 3.8) is 0 Å². The van der Waals surface area contributed by atoms with E-state index in [0.717, 1.165) is 0 Å². The monoisotopic (exact) mass is 327 g/mol. The normalized spacial score (nSPS) is 10.0. The van der Waals surface area contributed by atoms with Crippen LogP contribution in [0, 0.1) is 5.41 Å². The van der Waals surface area contributed by atoms with Gasteiger partial charge in [-0.3, -0.25) is 20.0 Å². The average Bonchev–Trinajstić information content (AvgIpc) is 2.54. The van der Waals surface area contributed by atoms with E-state index < -0.39 is 23.4 Å². The van der Waals surface area contributed by atoms with E-state index >= 15 is 0 Å². The number of rotatable bonds is 5. The lowest BCUT2D eigenvalue weighted by Gasteiger charge is -2.09. The number of halogens is 1. The van der Waals surface area contributed by atoms with Crippen LogP contribution in [0.5, 0.6) is 0 Å². The van der Waals surface area contributed by atoms with Gasteiger partial charge in [0.25, 0.3) is 11.8 Å². The number of aromatic nitrogens is 1. The molecule has 0 unspecified atom stereocenters. The fourth-order valence-electron chi connectivity index (χ4n) is 1.93. The summed E-state index contributed by atoms with van der Waals surface area (Å²) < 4.78 is 12.8. The van der Waals surface area contributed by atoms with Gasteiger partial charge in [-0.1, -0.05) is 18.7 Å². The van der Waals surface area contributed by atoms with Crippen molar-refractivity contribution in [1.29, 1.82) is 5.41 Å². The Morgan fingerprint density at radius 1 is 1.29 bits per heavy atom. The highest BCUT2D eigenvalue weighted by molar-refractivity contribution is 6.44. The van der Waals surface area contributed by atoms with Gasteiger partial charge in [-0.25, -0.2) is 4.39 Å². The Hall–Kier alpha value is -3.55. The summed E-state index contributed by atoms with van der Waals surface area (Å²) in [6.45, 7) is 2.92. The van der Waals surface area contributed by atoms with Crippen molar-refractivity contribution >= 4 is 28.9 Å². The Labute approximate surface area is 136 Å². The second kappa shape index (κ2) is 6.69. The molecular formula is C16H14FN5O2. The highest BCUT2D eigenvalue weighted by Crippen LogP contribution is 2.24. The summed E-state index contributed by atoms with van der Waals surface area (Å²) in [5.74, 6) is -2.97. The van der Waals surface area contributed by atoms with E-state index in [9.17, 15) is 14.0 Å². The number of benzene rings is 1. The molecule has 2 amide bonds. The number of primary amides is 1. The zero-order valence-corrected chi connectivity index (χ0v) is 12.5. The average molecular weight is 327 g/mol. The molecule has 0 aliphatic rings. The Balaban J connectivity index is 2.40. The molecule has 2 aromatic rings. The van der Waals surface area contributed by atoms with E-state index in [0.29, 0.717) is 16.9 Å². The highest BCUT2D eigenvalue weighted by atomic mass is 19.1. The summed E-state index contributed by atoms with van der Waals surface area (Å²) in [6, 6.07) is 7.88. The van der Waals surface area contributed by atoms with Gasteiger partial charge in [-0.15, -0.1) is 0 Å².